The number of anilines is 2. The summed E-state index contributed by atoms with van der Waals surface area (Å²) in [6.07, 6.45) is 2.32. The van der Waals surface area contributed by atoms with Gasteiger partial charge < -0.3 is 15.5 Å². The molecule has 0 spiro atoms. The lowest BCUT2D eigenvalue weighted by Gasteiger charge is -2.37. The largest absolute Gasteiger partial charge is 0.382 e. The number of amides is 1. The highest BCUT2D eigenvalue weighted by Gasteiger charge is 2.29. The van der Waals surface area contributed by atoms with Crippen LogP contribution in [0.3, 0.4) is 0 Å². The predicted octanol–water partition coefficient (Wildman–Crippen LogP) is 2.78. The van der Waals surface area contributed by atoms with Crippen molar-refractivity contribution in [2.45, 2.75) is 32.7 Å². The second-order valence-electron chi connectivity index (χ2n) is 6.07. The zero-order valence-electron chi connectivity index (χ0n) is 12.3. The third-order valence-electron chi connectivity index (χ3n) is 4.42. The minimum atomic E-state index is 0.164. The molecule has 1 fully saturated rings. The van der Waals surface area contributed by atoms with Gasteiger partial charge in [-0.1, -0.05) is 13.0 Å². The van der Waals surface area contributed by atoms with E-state index in [1.54, 1.807) is 0 Å². The van der Waals surface area contributed by atoms with E-state index < -0.39 is 0 Å². The molecule has 4 heteroatoms. The minimum Gasteiger partial charge on any atom is -0.382 e. The second-order valence-corrected chi connectivity index (χ2v) is 6.07. The van der Waals surface area contributed by atoms with Crippen molar-refractivity contribution in [1.29, 1.82) is 0 Å². The topological polar surface area (TPSA) is 44.4 Å². The molecule has 1 amide bonds. The summed E-state index contributed by atoms with van der Waals surface area (Å²) in [6.45, 7) is 7.03. The highest BCUT2D eigenvalue weighted by molar-refractivity contribution is 6.03. The fourth-order valence-corrected chi connectivity index (χ4v) is 3.18. The summed E-state index contributed by atoms with van der Waals surface area (Å²) >= 11 is 0. The molecule has 0 radical (unpaired) electrons. The molecule has 20 heavy (non-hydrogen) atoms. The van der Waals surface area contributed by atoms with E-state index in [1.807, 2.05) is 23.1 Å². The molecule has 2 heterocycles. The van der Waals surface area contributed by atoms with Gasteiger partial charge in [0, 0.05) is 25.7 Å². The molecule has 1 aromatic rings. The first-order chi connectivity index (χ1) is 9.66. The summed E-state index contributed by atoms with van der Waals surface area (Å²) in [5, 5.41) is 6.71. The number of benzene rings is 1. The molecule has 108 valence electrons. The van der Waals surface area contributed by atoms with Crippen molar-refractivity contribution in [3.05, 3.63) is 23.8 Å². The van der Waals surface area contributed by atoms with E-state index in [1.165, 1.54) is 6.42 Å². The van der Waals surface area contributed by atoms with Crippen LogP contribution in [-0.4, -0.2) is 36.5 Å². The Hall–Kier alpha value is -1.71. The molecule has 1 saturated heterocycles. The lowest BCUT2D eigenvalue weighted by molar-refractivity contribution is 0.0575. The second kappa shape index (κ2) is 5.35. The lowest BCUT2D eigenvalue weighted by Crippen LogP contribution is -2.45. The predicted molar refractivity (Wildman–Crippen MR) is 82.3 cm³/mol. The number of nitrogens with one attached hydrogen (secondary N) is 2. The first-order valence-electron chi connectivity index (χ1n) is 7.58. The van der Waals surface area contributed by atoms with Gasteiger partial charge in [0.15, 0.2) is 0 Å². The number of hydrogen-bond donors (Lipinski definition) is 2. The summed E-state index contributed by atoms with van der Waals surface area (Å²) in [4.78, 5) is 14.9. The first kappa shape index (κ1) is 13.3. The maximum Gasteiger partial charge on any atom is 0.256 e. The molecule has 2 unspecified atom stereocenters. The van der Waals surface area contributed by atoms with Gasteiger partial charge in [-0.2, -0.15) is 0 Å². The molecular weight excluding hydrogens is 250 g/mol. The fourth-order valence-electron chi connectivity index (χ4n) is 3.18. The molecule has 1 aromatic carbocycles. The van der Waals surface area contributed by atoms with Crippen LogP contribution >= 0.6 is 0 Å². The molecule has 0 saturated carbocycles. The fraction of sp³-hybridized carbons (Fsp3) is 0.562. The zero-order chi connectivity index (χ0) is 14.1. The van der Waals surface area contributed by atoms with Gasteiger partial charge in [-0.3, -0.25) is 4.79 Å². The summed E-state index contributed by atoms with van der Waals surface area (Å²) < 4.78 is 0. The van der Waals surface area contributed by atoms with Crippen molar-refractivity contribution in [2.24, 2.45) is 5.92 Å². The van der Waals surface area contributed by atoms with E-state index in [4.69, 9.17) is 0 Å². The van der Waals surface area contributed by atoms with Crippen molar-refractivity contribution < 1.29 is 4.79 Å². The monoisotopic (exact) mass is 273 g/mol. The van der Waals surface area contributed by atoms with Gasteiger partial charge in [0.2, 0.25) is 0 Å². The van der Waals surface area contributed by atoms with Gasteiger partial charge in [-0.15, -0.1) is 0 Å². The third-order valence-corrected chi connectivity index (χ3v) is 4.42. The maximum atomic E-state index is 12.9. The average Bonchev–Trinajstić information content (AvgIpc) is 2.48. The van der Waals surface area contributed by atoms with E-state index >= 15 is 0 Å². The molecule has 2 atom stereocenters. The molecule has 0 aliphatic carbocycles. The molecule has 3 rings (SSSR count). The van der Waals surface area contributed by atoms with Crippen LogP contribution in [0.25, 0.3) is 0 Å². The highest BCUT2D eigenvalue weighted by Crippen LogP contribution is 2.31. The Kier molecular flexibility index (Phi) is 3.55. The van der Waals surface area contributed by atoms with Crippen LogP contribution < -0.4 is 10.6 Å². The van der Waals surface area contributed by atoms with Gasteiger partial charge in [0.25, 0.3) is 5.91 Å². The number of likely N-dealkylation sites (tertiary alicyclic amines) is 1. The molecule has 2 N–H and O–H groups in total. The number of carbonyl (C=O) groups is 1. The molecule has 2 aliphatic rings. The van der Waals surface area contributed by atoms with E-state index in [-0.39, 0.29) is 5.91 Å². The summed E-state index contributed by atoms with van der Waals surface area (Å²) in [6, 6.07) is 6.27. The van der Waals surface area contributed by atoms with Crippen molar-refractivity contribution in [2.75, 3.05) is 30.3 Å². The van der Waals surface area contributed by atoms with E-state index in [9.17, 15) is 4.79 Å². The summed E-state index contributed by atoms with van der Waals surface area (Å²) in [5.74, 6) is 0.762. The number of rotatable bonds is 1. The Morgan fingerprint density at radius 1 is 1.20 bits per heavy atom. The van der Waals surface area contributed by atoms with Crippen molar-refractivity contribution >= 4 is 17.3 Å². The van der Waals surface area contributed by atoms with Crippen molar-refractivity contribution in [3.8, 4) is 0 Å². The smallest absolute Gasteiger partial charge is 0.256 e. The molecule has 0 bridgehead atoms. The van der Waals surface area contributed by atoms with Gasteiger partial charge >= 0.3 is 0 Å². The van der Waals surface area contributed by atoms with Crippen LogP contribution in [0.15, 0.2) is 18.2 Å². The van der Waals surface area contributed by atoms with Gasteiger partial charge in [0.05, 0.1) is 16.9 Å². The number of hydrogen-bond acceptors (Lipinski definition) is 3. The minimum absolute atomic E-state index is 0.164. The number of nitrogens with zero attached hydrogens (tertiary/aromatic N) is 1. The number of fused-ring (bicyclic) bond motifs is 1. The van der Waals surface area contributed by atoms with Crippen molar-refractivity contribution in [1.82, 2.24) is 4.90 Å². The van der Waals surface area contributed by atoms with Gasteiger partial charge in [-0.25, -0.2) is 0 Å². The van der Waals surface area contributed by atoms with Crippen LogP contribution in [0.5, 0.6) is 0 Å². The van der Waals surface area contributed by atoms with E-state index in [2.05, 4.69) is 24.5 Å². The Morgan fingerprint density at radius 3 is 2.85 bits per heavy atom. The molecule has 2 aliphatic heterocycles. The van der Waals surface area contributed by atoms with Gasteiger partial charge in [-0.05, 0) is 37.8 Å². The van der Waals surface area contributed by atoms with E-state index in [0.29, 0.717) is 12.0 Å². The normalized spacial score (nSPS) is 25.4. The van der Waals surface area contributed by atoms with Crippen LogP contribution in [-0.2, 0) is 0 Å². The number of para-hydroxylation sites is 1. The summed E-state index contributed by atoms with van der Waals surface area (Å²) in [5.41, 5.74) is 2.81. The van der Waals surface area contributed by atoms with Crippen LogP contribution in [0.1, 0.15) is 37.0 Å². The Balaban J connectivity index is 1.90. The third kappa shape index (κ3) is 2.35. The quantitative estimate of drug-likeness (QED) is 0.827. The lowest BCUT2D eigenvalue weighted by atomic mass is 9.94. The Bertz CT molecular complexity index is 514. The molecule has 4 nitrogen and oxygen atoms in total. The molecule has 0 aromatic heterocycles. The first-order valence-corrected chi connectivity index (χ1v) is 7.58. The zero-order valence-corrected chi connectivity index (χ0v) is 12.3. The summed E-state index contributed by atoms with van der Waals surface area (Å²) in [7, 11) is 0. The maximum absolute atomic E-state index is 12.9. The SMILES string of the molecule is CC1CCC(C)N(C(=O)c2cccc3c2NCCN3)C1. The van der Waals surface area contributed by atoms with Crippen molar-refractivity contribution in [3.63, 3.8) is 0 Å². The van der Waals surface area contributed by atoms with Crippen LogP contribution in [0.4, 0.5) is 11.4 Å². The number of piperidine rings is 1. The Morgan fingerprint density at radius 2 is 2.00 bits per heavy atom. The van der Waals surface area contributed by atoms with Gasteiger partial charge in [0.1, 0.15) is 0 Å². The van der Waals surface area contributed by atoms with Crippen LogP contribution in [0, 0.1) is 5.92 Å². The average molecular weight is 273 g/mol. The Labute approximate surface area is 120 Å². The van der Waals surface area contributed by atoms with E-state index in [0.717, 1.165) is 43.0 Å². The van der Waals surface area contributed by atoms with Crippen LogP contribution in [0.2, 0.25) is 0 Å². The number of carbonyl (C=O) groups excluding carboxylic acids is 1. The molecular formula is C16H23N3O. The highest BCUT2D eigenvalue weighted by atomic mass is 16.2. The standard InChI is InChI=1S/C16H23N3O/c1-11-6-7-12(2)19(10-11)16(20)13-4-3-5-14-15(13)18-9-8-17-14/h3-5,11-12,17-18H,6-10H2,1-2H3.